The molecule has 1 fully saturated rings. The molecular formula is C14H21N3O2. The molecule has 0 aromatic carbocycles. The molecule has 1 aromatic heterocycles. The van der Waals surface area contributed by atoms with Gasteiger partial charge in [-0.15, -0.1) is 0 Å². The van der Waals surface area contributed by atoms with E-state index in [1.165, 1.54) is 5.82 Å². The van der Waals surface area contributed by atoms with Gasteiger partial charge in [0.05, 0.1) is 5.92 Å². The standard InChI is InChI=1S/C14H21N3O2/c1-16-5-2-10(3-6-16)13-15-9-12-8-11(14(18)19)4-7-17(12)13/h9-11H,2-8H2,1H3,(H,18,19). The Kier molecular flexibility index (Phi) is 3.31. The molecule has 3 rings (SSSR count). The van der Waals surface area contributed by atoms with Crippen LogP contribution in [-0.2, 0) is 17.8 Å². The molecule has 0 spiro atoms. The third-order valence-corrected chi connectivity index (χ3v) is 4.56. The molecule has 19 heavy (non-hydrogen) atoms. The van der Waals surface area contributed by atoms with Gasteiger partial charge in [0.1, 0.15) is 5.82 Å². The van der Waals surface area contributed by atoms with Gasteiger partial charge >= 0.3 is 5.97 Å². The molecule has 1 atom stereocenters. The number of fused-ring (bicyclic) bond motifs is 1. The van der Waals surface area contributed by atoms with Gasteiger partial charge in [-0.1, -0.05) is 0 Å². The highest BCUT2D eigenvalue weighted by molar-refractivity contribution is 5.70. The summed E-state index contributed by atoms with van der Waals surface area (Å²) in [5, 5.41) is 9.11. The van der Waals surface area contributed by atoms with Crippen LogP contribution in [0.4, 0.5) is 0 Å². The molecule has 5 nitrogen and oxygen atoms in total. The maximum Gasteiger partial charge on any atom is 0.306 e. The van der Waals surface area contributed by atoms with Crippen LogP contribution in [0.5, 0.6) is 0 Å². The summed E-state index contributed by atoms with van der Waals surface area (Å²) in [6, 6.07) is 0. The van der Waals surface area contributed by atoms with Crippen molar-refractivity contribution in [2.45, 2.75) is 38.1 Å². The number of hydrogen-bond acceptors (Lipinski definition) is 3. The minimum atomic E-state index is -0.673. The van der Waals surface area contributed by atoms with Gasteiger partial charge < -0.3 is 14.6 Å². The number of nitrogens with zero attached hydrogens (tertiary/aromatic N) is 3. The van der Waals surface area contributed by atoms with Gasteiger partial charge in [-0.05, 0) is 39.4 Å². The number of carboxylic acids is 1. The van der Waals surface area contributed by atoms with Crippen molar-refractivity contribution in [2.24, 2.45) is 5.92 Å². The summed E-state index contributed by atoms with van der Waals surface area (Å²) in [6.45, 7) is 3.07. The predicted molar refractivity (Wildman–Crippen MR) is 71.1 cm³/mol. The average molecular weight is 263 g/mol. The van der Waals surface area contributed by atoms with Gasteiger partial charge in [0.15, 0.2) is 0 Å². The van der Waals surface area contributed by atoms with Gasteiger partial charge in [0.2, 0.25) is 0 Å². The first kappa shape index (κ1) is 12.7. The Morgan fingerprint density at radius 3 is 2.74 bits per heavy atom. The highest BCUT2D eigenvalue weighted by Gasteiger charge is 2.29. The van der Waals surface area contributed by atoms with E-state index in [4.69, 9.17) is 5.11 Å². The predicted octanol–water partition coefficient (Wildman–Crippen LogP) is 1.34. The SMILES string of the molecule is CN1CCC(c2ncc3n2CCC(C(=O)O)C3)CC1. The zero-order chi connectivity index (χ0) is 13.4. The molecule has 2 aliphatic rings. The number of carboxylic acid groups (broad SMARTS) is 1. The smallest absolute Gasteiger partial charge is 0.306 e. The molecule has 104 valence electrons. The van der Waals surface area contributed by atoms with E-state index in [9.17, 15) is 4.79 Å². The molecule has 0 saturated carbocycles. The Balaban J connectivity index is 1.77. The van der Waals surface area contributed by atoms with Gasteiger partial charge in [-0.25, -0.2) is 4.98 Å². The Bertz CT molecular complexity index is 475. The van der Waals surface area contributed by atoms with E-state index in [-0.39, 0.29) is 5.92 Å². The second-order valence-electron chi connectivity index (χ2n) is 5.86. The highest BCUT2D eigenvalue weighted by Crippen LogP contribution is 2.30. The summed E-state index contributed by atoms with van der Waals surface area (Å²) in [7, 11) is 2.16. The second-order valence-corrected chi connectivity index (χ2v) is 5.86. The molecule has 1 saturated heterocycles. The van der Waals surface area contributed by atoms with Crippen molar-refractivity contribution in [2.75, 3.05) is 20.1 Å². The first-order chi connectivity index (χ1) is 9.15. The van der Waals surface area contributed by atoms with E-state index in [1.807, 2.05) is 6.20 Å². The van der Waals surface area contributed by atoms with Crippen LogP contribution in [0.3, 0.4) is 0 Å². The van der Waals surface area contributed by atoms with Crippen LogP contribution >= 0.6 is 0 Å². The third-order valence-electron chi connectivity index (χ3n) is 4.56. The maximum absolute atomic E-state index is 11.1. The van der Waals surface area contributed by atoms with Crippen molar-refractivity contribution in [3.05, 3.63) is 17.7 Å². The first-order valence-electron chi connectivity index (χ1n) is 7.11. The lowest BCUT2D eigenvalue weighted by Gasteiger charge is -2.30. The summed E-state index contributed by atoms with van der Waals surface area (Å²) >= 11 is 0. The van der Waals surface area contributed by atoms with Gasteiger partial charge in [0.25, 0.3) is 0 Å². The summed E-state index contributed by atoms with van der Waals surface area (Å²) in [5.74, 6) is 0.834. The monoisotopic (exact) mass is 263 g/mol. The van der Waals surface area contributed by atoms with Crippen molar-refractivity contribution in [1.29, 1.82) is 0 Å². The number of imidazole rings is 1. The number of carbonyl (C=O) groups is 1. The maximum atomic E-state index is 11.1. The number of hydrogen-bond donors (Lipinski definition) is 1. The topological polar surface area (TPSA) is 58.4 Å². The Labute approximate surface area is 113 Å². The fourth-order valence-corrected chi connectivity index (χ4v) is 3.29. The van der Waals surface area contributed by atoms with Gasteiger partial charge in [-0.3, -0.25) is 4.79 Å². The zero-order valence-corrected chi connectivity index (χ0v) is 11.4. The first-order valence-corrected chi connectivity index (χ1v) is 7.11. The van der Waals surface area contributed by atoms with E-state index >= 15 is 0 Å². The van der Waals surface area contributed by atoms with Crippen LogP contribution in [0.1, 0.15) is 36.7 Å². The Morgan fingerprint density at radius 2 is 2.05 bits per heavy atom. The third kappa shape index (κ3) is 2.39. The molecular weight excluding hydrogens is 242 g/mol. The summed E-state index contributed by atoms with van der Waals surface area (Å²) < 4.78 is 2.27. The van der Waals surface area contributed by atoms with Crippen molar-refractivity contribution in [3.8, 4) is 0 Å². The molecule has 1 aromatic rings. The van der Waals surface area contributed by atoms with Crippen molar-refractivity contribution < 1.29 is 9.90 Å². The molecule has 2 aliphatic heterocycles. The molecule has 0 amide bonds. The Morgan fingerprint density at radius 1 is 1.32 bits per heavy atom. The average Bonchev–Trinajstić information content (AvgIpc) is 2.82. The molecule has 3 heterocycles. The quantitative estimate of drug-likeness (QED) is 0.874. The molecule has 1 N–H and O–H groups in total. The molecule has 0 radical (unpaired) electrons. The number of aromatic nitrogens is 2. The summed E-state index contributed by atoms with van der Waals surface area (Å²) in [4.78, 5) is 18.0. The van der Waals surface area contributed by atoms with E-state index in [1.54, 1.807) is 0 Å². The van der Waals surface area contributed by atoms with E-state index < -0.39 is 5.97 Å². The normalized spacial score (nSPS) is 25.2. The lowest BCUT2D eigenvalue weighted by molar-refractivity contribution is -0.142. The van der Waals surface area contributed by atoms with E-state index in [0.717, 1.165) is 44.6 Å². The molecule has 0 bridgehead atoms. The van der Waals surface area contributed by atoms with Crippen LogP contribution < -0.4 is 0 Å². The van der Waals surface area contributed by atoms with Crippen LogP contribution in [0.2, 0.25) is 0 Å². The van der Waals surface area contributed by atoms with Crippen LogP contribution in [0, 0.1) is 5.92 Å². The number of aliphatic carboxylic acids is 1. The van der Waals surface area contributed by atoms with Crippen LogP contribution in [0.25, 0.3) is 0 Å². The lowest BCUT2D eigenvalue weighted by Crippen LogP contribution is -2.31. The minimum Gasteiger partial charge on any atom is -0.481 e. The van der Waals surface area contributed by atoms with Crippen molar-refractivity contribution in [1.82, 2.24) is 14.5 Å². The molecule has 5 heteroatoms. The van der Waals surface area contributed by atoms with Crippen LogP contribution in [0.15, 0.2) is 6.20 Å². The van der Waals surface area contributed by atoms with Gasteiger partial charge in [0, 0.05) is 30.8 Å². The molecule has 1 unspecified atom stereocenters. The Hall–Kier alpha value is -1.36. The molecule has 0 aliphatic carbocycles. The summed E-state index contributed by atoms with van der Waals surface area (Å²) in [5.41, 5.74) is 1.10. The lowest BCUT2D eigenvalue weighted by atomic mass is 9.94. The van der Waals surface area contributed by atoms with Crippen molar-refractivity contribution >= 4 is 5.97 Å². The zero-order valence-electron chi connectivity index (χ0n) is 11.4. The van der Waals surface area contributed by atoms with Crippen molar-refractivity contribution in [3.63, 3.8) is 0 Å². The van der Waals surface area contributed by atoms with Gasteiger partial charge in [-0.2, -0.15) is 0 Å². The largest absolute Gasteiger partial charge is 0.481 e. The second kappa shape index (κ2) is 4.96. The summed E-state index contributed by atoms with van der Waals surface area (Å²) in [6.07, 6.45) is 5.58. The fourth-order valence-electron chi connectivity index (χ4n) is 3.29. The van der Waals surface area contributed by atoms with E-state index in [2.05, 4.69) is 21.5 Å². The number of rotatable bonds is 2. The highest BCUT2D eigenvalue weighted by atomic mass is 16.4. The van der Waals surface area contributed by atoms with Crippen LogP contribution in [-0.4, -0.2) is 45.7 Å². The number of piperidine rings is 1. The fraction of sp³-hybridized carbons (Fsp3) is 0.714. The minimum absolute atomic E-state index is 0.227. The van der Waals surface area contributed by atoms with E-state index in [0.29, 0.717) is 12.3 Å². The number of likely N-dealkylation sites (tertiary alicyclic amines) is 1.